The van der Waals surface area contributed by atoms with Gasteiger partial charge in [0.25, 0.3) is 0 Å². The molecule has 0 saturated carbocycles. The van der Waals surface area contributed by atoms with E-state index in [0.29, 0.717) is 4.47 Å². The molecule has 0 aliphatic carbocycles. The number of carbonyl (C=O) groups excluding carboxylic acids is 1. The number of aryl methyl sites for hydroxylation is 3. The van der Waals surface area contributed by atoms with E-state index in [0.717, 1.165) is 22.4 Å². The molecule has 2 aromatic rings. The van der Waals surface area contributed by atoms with E-state index in [1.165, 1.54) is 9.17 Å². The normalized spacial score (nSPS) is 10.5. The van der Waals surface area contributed by atoms with Crippen molar-refractivity contribution in [1.29, 1.82) is 0 Å². The third-order valence-electron chi connectivity index (χ3n) is 3.39. The molecular formula is C18H20O2Te. The Bertz CT molecular complexity index is 622. The van der Waals surface area contributed by atoms with Gasteiger partial charge in [-0.1, -0.05) is 0 Å². The van der Waals surface area contributed by atoms with Gasteiger partial charge >= 0.3 is 137 Å². The molecular weight excluding hydrogens is 376 g/mol. The molecule has 110 valence electrons. The van der Waals surface area contributed by atoms with Crippen molar-refractivity contribution in [3.8, 4) is 5.75 Å². The van der Waals surface area contributed by atoms with Crippen LogP contribution in [0, 0.1) is 20.8 Å². The molecule has 0 aliphatic heterocycles. The number of rotatable bonds is 5. The Hall–Kier alpha value is -1.30. The van der Waals surface area contributed by atoms with Crippen LogP contribution in [0.4, 0.5) is 0 Å². The fourth-order valence-electron chi connectivity index (χ4n) is 2.51. The average molecular weight is 396 g/mol. The summed E-state index contributed by atoms with van der Waals surface area (Å²) >= 11 is -0.488. The van der Waals surface area contributed by atoms with E-state index in [4.69, 9.17) is 4.74 Å². The van der Waals surface area contributed by atoms with Crippen LogP contribution in [0.1, 0.15) is 27.0 Å². The zero-order valence-electron chi connectivity index (χ0n) is 12.9. The molecule has 0 fully saturated rings. The fraction of sp³-hybridized carbons (Fsp3) is 0.278. The van der Waals surface area contributed by atoms with Crippen molar-refractivity contribution in [2.75, 3.05) is 7.11 Å². The van der Waals surface area contributed by atoms with Crippen molar-refractivity contribution in [1.82, 2.24) is 0 Å². The summed E-state index contributed by atoms with van der Waals surface area (Å²) < 4.78 is 7.11. The summed E-state index contributed by atoms with van der Waals surface area (Å²) in [5.74, 6) is 1.14. The van der Waals surface area contributed by atoms with Crippen LogP contribution in [-0.4, -0.2) is 33.8 Å². The second-order valence-corrected chi connectivity index (χ2v) is 8.15. The minimum absolute atomic E-state index is 0.281. The molecule has 0 amide bonds. The van der Waals surface area contributed by atoms with Gasteiger partial charge in [-0.3, -0.25) is 0 Å². The topological polar surface area (TPSA) is 26.3 Å². The van der Waals surface area contributed by atoms with E-state index < -0.39 is 20.9 Å². The monoisotopic (exact) mass is 398 g/mol. The Labute approximate surface area is 136 Å². The van der Waals surface area contributed by atoms with E-state index >= 15 is 0 Å². The first-order chi connectivity index (χ1) is 10.0. The maximum atomic E-state index is 12.5. The predicted octanol–water partition coefficient (Wildman–Crippen LogP) is 3.25. The third-order valence-corrected chi connectivity index (χ3v) is 6.27. The maximum absolute atomic E-state index is 12.5. The molecule has 0 heterocycles. The minimum atomic E-state index is -0.488. The van der Waals surface area contributed by atoms with Crippen LogP contribution in [0.25, 0.3) is 0 Å². The van der Waals surface area contributed by atoms with E-state index in [1.54, 1.807) is 7.11 Å². The van der Waals surface area contributed by atoms with Crippen LogP contribution < -0.4 is 8.35 Å². The van der Waals surface area contributed by atoms with Crippen LogP contribution in [0.15, 0.2) is 36.4 Å². The van der Waals surface area contributed by atoms with Gasteiger partial charge in [0.05, 0.1) is 0 Å². The van der Waals surface area contributed by atoms with Crippen LogP contribution >= 0.6 is 0 Å². The van der Waals surface area contributed by atoms with Crippen molar-refractivity contribution >= 4 is 30.3 Å². The van der Waals surface area contributed by atoms with Gasteiger partial charge in [0.1, 0.15) is 0 Å². The molecule has 0 N–H and O–H groups in total. The molecule has 21 heavy (non-hydrogen) atoms. The SMILES string of the molecule is COc1ccc([Te]CC(=O)c2c(C)cc(C)cc2C)cc1. The number of benzene rings is 2. The number of ketones is 1. The van der Waals surface area contributed by atoms with Crippen molar-refractivity contribution in [2.24, 2.45) is 0 Å². The van der Waals surface area contributed by atoms with Gasteiger partial charge in [0, 0.05) is 0 Å². The first-order valence-corrected chi connectivity index (χ1v) is 9.70. The van der Waals surface area contributed by atoms with Crippen molar-refractivity contribution in [2.45, 2.75) is 25.2 Å². The van der Waals surface area contributed by atoms with Gasteiger partial charge in [-0.15, -0.1) is 0 Å². The van der Waals surface area contributed by atoms with Crippen LogP contribution in [0.2, 0.25) is 4.47 Å². The summed E-state index contributed by atoms with van der Waals surface area (Å²) in [6.45, 7) is 6.13. The molecule has 0 spiro atoms. The second kappa shape index (κ2) is 7.11. The first kappa shape index (κ1) is 16.1. The summed E-state index contributed by atoms with van der Waals surface area (Å²) in [6, 6.07) is 12.3. The van der Waals surface area contributed by atoms with Gasteiger partial charge in [0.15, 0.2) is 0 Å². The Morgan fingerprint density at radius 3 is 2.14 bits per heavy atom. The summed E-state index contributed by atoms with van der Waals surface area (Å²) in [7, 11) is 1.66. The first-order valence-electron chi connectivity index (χ1n) is 6.89. The number of carbonyl (C=O) groups is 1. The fourth-order valence-corrected chi connectivity index (χ4v) is 4.71. The molecule has 0 radical (unpaired) electrons. The van der Waals surface area contributed by atoms with Gasteiger partial charge in [-0.05, 0) is 0 Å². The molecule has 0 unspecified atom stereocenters. The van der Waals surface area contributed by atoms with E-state index in [9.17, 15) is 4.79 Å². The quantitative estimate of drug-likeness (QED) is 0.573. The number of hydrogen-bond donors (Lipinski definition) is 0. The standard InChI is InChI=1S/C18H20O2Te/c1-12-9-13(2)18(14(3)10-12)17(19)11-21-16-7-5-15(20-4)6-8-16/h5-10H,11H2,1-4H3. The zero-order chi connectivity index (χ0) is 15.4. The van der Waals surface area contributed by atoms with E-state index in [2.05, 4.69) is 31.2 Å². The van der Waals surface area contributed by atoms with Crippen LogP contribution in [-0.2, 0) is 0 Å². The summed E-state index contributed by atoms with van der Waals surface area (Å²) in [5, 5.41) is 0. The van der Waals surface area contributed by atoms with Crippen LogP contribution in [0.5, 0.6) is 5.75 Å². The van der Waals surface area contributed by atoms with Crippen molar-refractivity contribution in [3.05, 3.63) is 58.7 Å². The van der Waals surface area contributed by atoms with E-state index in [1.807, 2.05) is 26.0 Å². The number of methoxy groups -OCH3 is 1. The molecule has 2 aromatic carbocycles. The number of ether oxygens (including phenoxy) is 1. The Morgan fingerprint density at radius 2 is 1.62 bits per heavy atom. The van der Waals surface area contributed by atoms with Gasteiger partial charge in [-0.2, -0.15) is 0 Å². The zero-order valence-corrected chi connectivity index (χ0v) is 15.2. The Morgan fingerprint density at radius 1 is 1.05 bits per heavy atom. The molecule has 2 nitrogen and oxygen atoms in total. The molecule has 2 rings (SSSR count). The van der Waals surface area contributed by atoms with Gasteiger partial charge in [-0.25, -0.2) is 0 Å². The van der Waals surface area contributed by atoms with Gasteiger partial charge in [0.2, 0.25) is 0 Å². The molecule has 0 bridgehead atoms. The molecule has 0 saturated heterocycles. The van der Waals surface area contributed by atoms with Gasteiger partial charge < -0.3 is 0 Å². The average Bonchev–Trinajstić information content (AvgIpc) is 2.44. The molecule has 0 aliphatic rings. The van der Waals surface area contributed by atoms with Crippen molar-refractivity contribution < 1.29 is 9.53 Å². The van der Waals surface area contributed by atoms with Crippen LogP contribution in [0.3, 0.4) is 0 Å². The Balaban J connectivity index is 2.08. The summed E-state index contributed by atoms with van der Waals surface area (Å²) in [5.41, 5.74) is 4.33. The molecule has 0 aromatic heterocycles. The third kappa shape index (κ3) is 4.09. The van der Waals surface area contributed by atoms with E-state index in [-0.39, 0.29) is 5.78 Å². The summed E-state index contributed by atoms with van der Waals surface area (Å²) in [4.78, 5) is 12.5. The second-order valence-electron chi connectivity index (χ2n) is 5.16. The number of Topliss-reactive ketones (excluding diaryl/α,β-unsaturated/α-hetero) is 1. The molecule has 0 atom stereocenters. The predicted molar refractivity (Wildman–Crippen MR) is 88.2 cm³/mol. The Kier molecular flexibility index (Phi) is 5.44. The molecule has 3 heteroatoms. The van der Waals surface area contributed by atoms with Crippen molar-refractivity contribution in [3.63, 3.8) is 0 Å². The summed E-state index contributed by atoms with van der Waals surface area (Å²) in [6.07, 6.45) is 0. The number of hydrogen-bond acceptors (Lipinski definition) is 2.